The normalized spacial score (nSPS) is 25.5. The largest absolute Gasteiger partial charge is 0.411 e. The van der Waals surface area contributed by atoms with Crippen LogP contribution in [0, 0.1) is 0 Å². The average Bonchev–Trinajstić information content (AvgIpc) is 2.80. The van der Waals surface area contributed by atoms with E-state index in [9.17, 15) is 0 Å². The minimum Gasteiger partial charge on any atom is -0.411 e. The summed E-state index contributed by atoms with van der Waals surface area (Å²) >= 11 is 0. The fraction of sp³-hybridized carbons (Fsp3) is 0.600. The zero-order valence-electron chi connectivity index (χ0n) is 15.3. The van der Waals surface area contributed by atoms with Gasteiger partial charge in [0.2, 0.25) is 0 Å². The maximum atomic E-state index is 6.66. The van der Waals surface area contributed by atoms with Crippen LogP contribution < -0.4 is 0 Å². The van der Waals surface area contributed by atoms with Crippen LogP contribution in [-0.2, 0) is 15.6 Å². The molecule has 128 valence electrons. The van der Waals surface area contributed by atoms with Gasteiger partial charge < -0.3 is 9.16 Å². The third-order valence-electron chi connectivity index (χ3n) is 5.23. The van der Waals surface area contributed by atoms with Crippen molar-refractivity contribution in [1.82, 2.24) is 0 Å². The van der Waals surface area contributed by atoms with Crippen LogP contribution in [0.4, 0.5) is 0 Å². The summed E-state index contributed by atoms with van der Waals surface area (Å²) < 4.78 is 13.0. The first kappa shape index (κ1) is 18.4. The molecular formula is C20H32O2Si. The van der Waals surface area contributed by atoms with Crippen molar-refractivity contribution in [2.75, 3.05) is 0 Å². The fourth-order valence-electron chi connectivity index (χ4n) is 2.86. The molecule has 0 aliphatic carbocycles. The number of rotatable bonds is 6. The Morgan fingerprint density at radius 2 is 1.91 bits per heavy atom. The highest BCUT2D eigenvalue weighted by Gasteiger charge is 2.44. The lowest BCUT2D eigenvalue weighted by Gasteiger charge is -2.39. The third-order valence-corrected chi connectivity index (χ3v) is 9.74. The molecule has 0 spiro atoms. The molecule has 1 aliphatic heterocycles. The number of hydrogen-bond donors (Lipinski definition) is 0. The summed E-state index contributed by atoms with van der Waals surface area (Å²) in [5, 5.41) is 0.225. The van der Waals surface area contributed by atoms with Gasteiger partial charge in [-0.3, -0.25) is 0 Å². The second kappa shape index (κ2) is 7.33. The van der Waals surface area contributed by atoms with E-state index in [4.69, 9.17) is 9.16 Å². The Morgan fingerprint density at radius 3 is 2.48 bits per heavy atom. The topological polar surface area (TPSA) is 18.5 Å². The Labute approximate surface area is 143 Å². The van der Waals surface area contributed by atoms with Crippen LogP contribution in [0.5, 0.6) is 0 Å². The second-order valence-corrected chi connectivity index (χ2v) is 12.9. The first-order valence-electron chi connectivity index (χ1n) is 8.71. The highest BCUT2D eigenvalue weighted by molar-refractivity contribution is 6.74. The molecule has 3 atom stereocenters. The summed E-state index contributed by atoms with van der Waals surface area (Å²) in [6, 6.07) is 10.6. The highest BCUT2D eigenvalue weighted by atomic mass is 28.4. The fourth-order valence-corrected chi connectivity index (χ4v) is 4.22. The van der Waals surface area contributed by atoms with Gasteiger partial charge in [0.25, 0.3) is 0 Å². The van der Waals surface area contributed by atoms with Gasteiger partial charge in [0, 0.05) is 6.42 Å². The molecule has 0 saturated carbocycles. The summed E-state index contributed by atoms with van der Waals surface area (Å²) in [6.07, 6.45) is 5.36. The lowest BCUT2D eigenvalue weighted by Crippen LogP contribution is -2.45. The minimum atomic E-state index is -1.78. The highest BCUT2D eigenvalue weighted by Crippen LogP contribution is 2.40. The van der Waals surface area contributed by atoms with Gasteiger partial charge in [-0.1, -0.05) is 57.2 Å². The van der Waals surface area contributed by atoms with E-state index in [0.717, 1.165) is 19.3 Å². The summed E-state index contributed by atoms with van der Waals surface area (Å²) in [5.41, 5.74) is 1.34. The lowest BCUT2D eigenvalue weighted by atomic mass is 10.0. The predicted octanol–water partition coefficient (Wildman–Crippen LogP) is 5.35. The van der Waals surface area contributed by atoms with Crippen molar-refractivity contribution in [2.45, 2.75) is 76.5 Å². The molecule has 1 aliphatic rings. The zero-order chi connectivity index (χ0) is 17.1. The molecule has 1 aromatic carbocycles. The molecule has 1 aromatic rings. The first-order chi connectivity index (χ1) is 10.7. The van der Waals surface area contributed by atoms with Gasteiger partial charge in [0.05, 0.1) is 18.3 Å². The summed E-state index contributed by atoms with van der Waals surface area (Å²) in [7, 11) is -1.78. The van der Waals surface area contributed by atoms with Gasteiger partial charge in [-0.15, -0.1) is 6.58 Å². The molecule has 2 nitrogen and oxygen atoms in total. The Hall–Kier alpha value is -0.903. The van der Waals surface area contributed by atoms with Gasteiger partial charge >= 0.3 is 0 Å². The Balaban J connectivity index is 2.05. The van der Waals surface area contributed by atoms with Crippen molar-refractivity contribution < 1.29 is 9.16 Å². The van der Waals surface area contributed by atoms with Crippen LogP contribution in [0.25, 0.3) is 0 Å². The molecule has 1 saturated heterocycles. The third kappa shape index (κ3) is 4.79. The van der Waals surface area contributed by atoms with Crippen LogP contribution in [0.2, 0.25) is 18.1 Å². The predicted molar refractivity (Wildman–Crippen MR) is 100 cm³/mol. The molecule has 0 N–H and O–H groups in total. The quantitative estimate of drug-likeness (QED) is 0.516. The molecule has 1 heterocycles. The maximum Gasteiger partial charge on any atom is 0.192 e. The summed E-state index contributed by atoms with van der Waals surface area (Å²) in [6.45, 7) is 15.4. The van der Waals surface area contributed by atoms with Crippen molar-refractivity contribution in [2.24, 2.45) is 0 Å². The van der Waals surface area contributed by atoms with E-state index in [2.05, 4.69) is 70.8 Å². The molecule has 0 bridgehead atoms. The first-order valence-corrected chi connectivity index (χ1v) is 11.6. The Kier molecular flexibility index (Phi) is 5.87. The smallest absolute Gasteiger partial charge is 0.192 e. The molecular weight excluding hydrogens is 300 g/mol. The monoisotopic (exact) mass is 332 g/mol. The van der Waals surface area contributed by atoms with Crippen LogP contribution in [0.1, 0.15) is 39.2 Å². The van der Waals surface area contributed by atoms with Gasteiger partial charge in [-0.05, 0) is 36.5 Å². The van der Waals surface area contributed by atoms with E-state index >= 15 is 0 Å². The van der Waals surface area contributed by atoms with E-state index < -0.39 is 8.32 Å². The Morgan fingerprint density at radius 1 is 1.26 bits per heavy atom. The number of hydrogen-bond acceptors (Lipinski definition) is 2. The molecule has 1 fully saturated rings. The molecule has 0 aromatic heterocycles. The van der Waals surface area contributed by atoms with Gasteiger partial charge in [-0.2, -0.15) is 0 Å². The zero-order valence-corrected chi connectivity index (χ0v) is 16.3. The van der Waals surface area contributed by atoms with E-state index in [0.29, 0.717) is 0 Å². The molecule has 0 unspecified atom stereocenters. The molecule has 0 radical (unpaired) electrons. The summed E-state index contributed by atoms with van der Waals surface area (Å²) in [4.78, 5) is 0. The SMILES string of the molecule is C=CC[C@H]1O[C@H](Cc2ccccc2)C[C@H]1O[Si](C)(C)C(C)(C)C. The van der Waals surface area contributed by atoms with Gasteiger partial charge in [0.1, 0.15) is 0 Å². The van der Waals surface area contributed by atoms with Crippen molar-refractivity contribution in [3.8, 4) is 0 Å². The minimum absolute atomic E-state index is 0.148. The molecule has 2 rings (SSSR count). The Bertz CT molecular complexity index is 504. The standard InChI is InChI=1S/C20H32O2Si/c1-7-11-18-19(22-23(5,6)20(2,3)4)15-17(21-18)14-16-12-9-8-10-13-16/h7-10,12-13,17-19H,1,11,14-15H2,2-6H3/t17-,18-,19-/m1/s1. The van der Waals surface area contributed by atoms with Crippen LogP contribution in [0.3, 0.4) is 0 Å². The van der Waals surface area contributed by atoms with Crippen molar-refractivity contribution in [3.05, 3.63) is 48.6 Å². The maximum absolute atomic E-state index is 6.66. The summed E-state index contributed by atoms with van der Waals surface area (Å²) in [5.74, 6) is 0. The van der Waals surface area contributed by atoms with E-state index in [1.807, 2.05) is 6.08 Å². The van der Waals surface area contributed by atoms with Gasteiger partial charge in [0.15, 0.2) is 8.32 Å². The van der Waals surface area contributed by atoms with Crippen LogP contribution in [-0.4, -0.2) is 26.6 Å². The molecule has 23 heavy (non-hydrogen) atoms. The van der Waals surface area contributed by atoms with Crippen LogP contribution in [0.15, 0.2) is 43.0 Å². The molecule has 0 amide bonds. The average molecular weight is 333 g/mol. The van der Waals surface area contributed by atoms with Crippen LogP contribution >= 0.6 is 0 Å². The van der Waals surface area contributed by atoms with E-state index in [-0.39, 0.29) is 23.4 Å². The second-order valence-electron chi connectivity index (χ2n) is 8.16. The van der Waals surface area contributed by atoms with Crippen molar-refractivity contribution in [3.63, 3.8) is 0 Å². The lowest BCUT2D eigenvalue weighted by molar-refractivity contribution is 0.0161. The van der Waals surface area contributed by atoms with E-state index in [1.54, 1.807) is 0 Å². The molecule has 3 heteroatoms. The van der Waals surface area contributed by atoms with E-state index in [1.165, 1.54) is 5.56 Å². The van der Waals surface area contributed by atoms with Crippen molar-refractivity contribution in [1.29, 1.82) is 0 Å². The van der Waals surface area contributed by atoms with Gasteiger partial charge in [-0.25, -0.2) is 0 Å². The number of benzene rings is 1. The van der Waals surface area contributed by atoms with Crippen molar-refractivity contribution >= 4 is 8.32 Å². The number of ether oxygens (including phenoxy) is 1.